The summed E-state index contributed by atoms with van der Waals surface area (Å²) in [5.74, 6) is -0.0343. The smallest absolute Gasteiger partial charge is 0.249 e. The van der Waals surface area contributed by atoms with Crippen LogP contribution >= 0.6 is 0 Å². The molecule has 1 aliphatic rings. The van der Waals surface area contributed by atoms with Crippen LogP contribution in [-0.4, -0.2) is 33.5 Å². The van der Waals surface area contributed by atoms with E-state index in [4.69, 9.17) is 9.98 Å². The quantitative estimate of drug-likeness (QED) is 0.813. The molecule has 19 heavy (non-hydrogen) atoms. The summed E-state index contributed by atoms with van der Waals surface area (Å²) in [7, 11) is -0.655. The standard InChI is InChI=1S/C12H16N2O4S/c1-14(18-2)12(15)11-7-10(11)8-3-5-9(6-4-8)19(13,16)17/h3-6,10-11H,7H2,1-2H3,(H2,13,16,17)/t10-,11+/m0/s1. The minimum atomic E-state index is -3.67. The molecule has 1 saturated carbocycles. The van der Waals surface area contributed by atoms with E-state index < -0.39 is 10.0 Å². The van der Waals surface area contributed by atoms with Crippen LogP contribution in [0.2, 0.25) is 0 Å². The maximum atomic E-state index is 11.8. The topological polar surface area (TPSA) is 89.7 Å². The lowest BCUT2D eigenvalue weighted by Gasteiger charge is -2.13. The highest BCUT2D eigenvalue weighted by molar-refractivity contribution is 7.89. The summed E-state index contributed by atoms with van der Waals surface area (Å²) >= 11 is 0. The van der Waals surface area contributed by atoms with Crippen LogP contribution in [-0.2, 0) is 19.7 Å². The predicted molar refractivity (Wildman–Crippen MR) is 68.4 cm³/mol. The molecule has 2 rings (SSSR count). The molecule has 0 radical (unpaired) electrons. The zero-order valence-corrected chi connectivity index (χ0v) is 11.6. The fourth-order valence-corrected chi connectivity index (χ4v) is 2.58. The average Bonchev–Trinajstić information content (AvgIpc) is 3.16. The Kier molecular flexibility index (Phi) is 3.62. The molecule has 7 heteroatoms. The Morgan fingerprint density at radius 1 is 1.37 bits per heavy atom. The molecule has 1 aliphatic carbocycles. The molecule has 1 aromatic rings. The number of primary sulfonamides is 1. The number of sulfonamides is 1. The van der Waals surface area contributed by atoms with Gasteiger partial charge in [0, 0.05) is 13.0 Å². The van der Waals surface area contributed by atoms with Gasteiger partial charge in [0.25, 0.3) is 0 Å². The van der Waals surface area contributed by atoms with Gasteiger partial charge in [0.1, 0.15) is 0 Å². The number of carbonyl (C=O) groups is 1. The second kappa shape index (κ2) is 4.92. The van der Waals surface area contributed by atoms with E-state index in [1.807, 2.05) is 0 Å². The molecule has 6 nitrogen and oxygen atoms in total. The molecule has 2 atom stereocenters. The molecule has 0 bridgehead atoms. The minimum absolute atomic E-state index is 0.0666. The van der Waals surface area contributed by atoms with Gasteiger partial charge in [-0.05, 0) is 30.0 Å². The van der Waals surface area contributed by atoms with Crippen LogP contribution in [0.5, 0.6) is 0 Å². The van der Waals surface area contributed by atoms with Gasteiger partial charge in [0.05, 0.1) is 12.0 Å². The molecule has 0 heterocycles. The number of nitrogens with two attached hydrogens (primary N) is 1. The first-order valence-electron chi connectivity index (χ1n) is 5.79. The Balaban J connectivity index is 2.08. The Labute approximate surface area is 112 Å². The first-order valence-corrected chi connectivity index (χ1v) is 7.33. The number of hydrogen-bond acceptors (Lipinski definition) is 4. The Hall–Kier alpha value is -1.44. The second-order valence-electron chi connectivity index (χ2n) is 4.58. The monoisotopic (exact) mass is 284 g/mol. The van der Waals surface area contributed by atoms with E-state index in [0.717, 1.165) is 12.0 Å². The average molecular weight is 284 g/mol. The van der Waals surface area contributed by atoms with E-state index in [2.05, 4.69) is 0 Å². The molecule has 0 saturated heterocycles. The van der Waals surface area contributed by atoms with Crippen molar-refractivity contribution in [1.29, 1.82) is 0 Å². The highest BCUT2D eigenvalue weighted by Gasteiger charge is 2.45. The lowest BCUT2D eigenvalue weighted by atomic mass is 10.1. The molecule has 0 spiro atoms. The minimum Gasteiger partial charge on any atom is -0.275 e. The third kappa shape index (κ3) is 2.94. The van der Waals surface area contributed by atoms with Crippen molar-refractivity contribution in [2.75, 3.05) is 14.2 Å². The van der Waals surface area contributed by atoms with Crippen LogP contribution < -0.4 is 5.14 Å². The summed E-state index contributed by atoms with van der Waals surface area (Å²) in [6.45, 7) is 0. The maximum absolute atomic E-state index is 11.8. The summed E-state index contributed by atoms with van der Waals surface area (Å²) in [5.41, 5.74) is 0.940. The number of benzene rings is 1. The number of hydrogen-bond donors (Lipinski definition) is 1. The number of hydroxylamine groups is 2. The van der Waals surface area contributed by atoms with Crippen molar-refractivity contribution in [1.82, 2.24) is 5.06 Å². The van der Waals surface area contributed by atoms with Crippen molar-refractivity contribution in [2.24, 2.45) is 11.1 Å². The zero-order valence-electron chi connectivity index (χ0n) is 10.7. The van der Waals surface area contributed by atoms with Gasteiger partial charge in [-0.1, -0.05) is 12.1 Å². The highest BCUT2D eigenvalue weighted by atomic mass is 32.2. The SMILES string of the molecule is CON(C)C(=O)[C@@H]1C[C@H]1c1ccc(S(N)(=O)=O)cc1. The largest absolute Gasteiger partial charge is 0.275 e. The van der Waals surface area contributed by atoms with Crippen LogP contribution in [0, 0.1) is 5.92 Å². The normalized spacial score (nSPS) is 22.1. The van der Waals surface area contributed by atoms with Gasteiger partial charge in [0.15, 0.2) is 0 Å². The van der Waals surface area contributed by atoms with E-state index in [1.54, 1.807) is 19.2 Å². The summed E-state index contributed by atoms with van der Waals surface area (Å²) in [6, 6.07) is 6.32. The van der Waals surface area contributed by atoms with Crippen molar-refractivity contribution < 1.29 is 18.0 Å². The molecule has 0 aliphatic heterocycles. The van der Waals surface area contributed by atoms with Crippen molar-refractivity contribution in [3.8, 4) is 0 Å². The lowest BCUT2D eigenvalue weighted by molar-refractivity contribution is -0.170. The van der Waals surface area contributed by atoms with Crippen LogP contribution in [0.3, 0.4) is 0 Å². The first-order chi connectivity index (χ1) is 8.84. The van der Waals surface area contributed by atoms with E-state index in [0.29, 0.717) is 0 Å². The van der Waals surface area contributed by atoms with E-state index in [9.17, 15) is 13.2 Å². The van der Waals surface area contributed by atoms with E-state index in [-0.39, 0.29) is 22.6 Å². The summed E-state index contributed by atoms with van der Waals surface area (Å²) in [4.78, 5) is 16.8. The van der Waals surface area contributed by atoms with Crippen molar-refractivity contribution >= 4 is 15.9 Å². The van der Waals surface area contributed by atoms with Gasteiger partial charge in [-0.25, -0.2) is 18.6 Å². The maximum Gasteiger partial charge on any atom is 0.249 e. The van der Waals surface area contributed by atoms with Crippen LogP contribution in [0.1, 0.15) is 17.9 Å². The predicted octanol–water partition coefficient (Wildman–Crippen LogP) is 0.457. The zero-order chi connectivity index (χ0) is 14.2. The molecule has 2 N–H and O–H groups in total. The van der Waals surface area contributed by atoms with Crippen LogP contribution in [0.15, 0.2) is 29.2 Å². The fourth-order valence-electron chi connectivity index (χ4n) is 2.06. The van der Waals surface area contributed by atoms with Gasteiger partial charge < -0.3 is 0 Å². The molecular formula is C12H16N2O4S. The fraction of sp³-hybridized carbons (Fsp3) is 0.417. The third-order valence-electron chi connectivity index (χ3n) is 3.33. The Morgan fingerprint density at radius 3 is 2.42 bits per heavy atom. The number of carbonyl (C=O) groups excluding carboxylic acids is 1. The van der Waals surface area contributed by atoms with Gasteiger partial charge in [-0.2, -0.15) is 0 Å². The molecule has 0 unspecified atom stereocenters. The molecule has 0 aromatic heterocycles. The summed E-state index contributed by atoms with van der Waals surface area (Å²) in [6.07, 6.45) is 0.751. The Bertz CT molecular complexity index is 582. The molecule has 1 amide bonds. The van der Waals surface area contributed by atoms with E-state index >= 15 is 0 Å². The molecular weight excluding hydrogens is 268 g/mol. The van der Waals surface area contributed by atoms with Gasteiger partial charge in [-0.15, -0.1) is 0 Å². The van der Waals surface area contributed by atoms with Gasteiger partial charge >= 0.3 is 0 Å². The van der Waals surface area contributed by atoms with E-state index in [1.165, 1.54) is 24.3 Å². The van der Waals surface area contributed by atoms with Crippen molar-refractivity contribution in [3.05, 3.63) is 29.8 Å². The first kappa shape index (κ1) is 14.0. The van der Waals surface area contributed by atoms with Crippen LogP contribution in [0.4, 0.5) is 0 Å². The number of nitrogens with zero attached hydrogens (tertiary/aromatic N) is 1. The van der Waals surface area contributed by atoms with Crippen LogP contribution in [0.25, 0.3) is 0 Å². The molecule has 1 fully saturated rings. The van der Waals surface area contributed by atoms with Crippen molar-refractivity contribution in [2.45, 2.75) is 17.2 Å². The second-order valence-corrected chi connectivity index (χ2v) is 6.14. The Morgan fingerprint density at radius 2 is 1.95 bits per heavy atom. The number of rotatable bonds is 4. The highest BCUT2D eigenvalue weighted by Crippen LogP contribution is 2.48. The summed E-state index contributed by atoms with van der Waals surface area (Å²) in [5, 5.41) is 6.24. The van der Waals surface area contributed by atoms with Crippen molar-refractivity contribution in [3.63, 3.8) is 0 Å². The molecule has 1 aromatic carbocycles. The van der Waals surface area contributed by atoms with Gasteiger partial charge in [0.2, 0.25) is 15.9 Å². The lowest BCUT2D eigenvalue weighted by Crippen LogP contribution is -2.27. The van der Waals surface area contributed by atoms with Gasteiger partial charge in [-0.3, -0.25) is 9.63 Å². The third-order valence-corrected chi connectivity index (χ3v) is 4.26. The number of amides is 1. The molecule has 104 valence electrons. The summed E-state index contributed by atoms with van der Waals surface area (Å²) < 4.78 is 22.3.